The zero-order valence-corrected chi connectivity index (χ0v) is 12.1. The van der Waals surface area contributed by atoms with E-state index >= 15 is 0 Å². The highest BCUT2D eigenvalue weighted by atomic mass is 15.0. The topological polar surface area (TPSA) is 42.7 Å². The number of rotatable bonds is 7. The van der Waals surface area contributed by atoms with Gasteiger partial charge in [-0.25, -0.2) is 4.98 Å². The molecular formula is C17H20N4. The third kappa shape index (κ3) is 3.89. The lowest BCUT2D eigenvalue weighted by Gasteiger charge is -2.06. The summed E-state index contributed by atoms with van der Waals surface area (Å²) in [5, 5.41) is 5.96. The Morgan fingerprint density at radius 3 is 2.90 bits per heavy atom. The second kappa shape index (κ2) is 6.99. The summed E-state index contributed by atoms with van der Waals surface area (Å²) in [5.41, 5.74) is 1.32. The average Bonchev–Trinajstić information content (AvgIpc) is 3.04. The van der Waals surface area contributed by atoms with Crippen LogP contribution in [0.1, 0.15) is 18.4 Å². The van der Waals surface area contributed by atoms with E-state index in [1.165, 1.54) is 29.2 Å². The van der Waals surface area contributed by atoms with Gasteiger partial charge in [-0.3, -0.25) is 4.98 Å². The van der Waals surface area contributed by atoms with E-state index in [9.17, 15) is 0 Å². The van der Waals surface area contributed by atoms with Gasteiger partial charge in [0.05, 0.1) is 6.33 Å². The molecule has 1 aromatic carbocycles. The molecule has 4 nitrogen and oxygen atoms in total. The third-order valence-corrected chi connectivity index (χ3v) is 3.61. The zero-order chi connectivity index (χ0) is 14.3. The number of benzene rings is 1. The molecule has 3 aromatic rings. The van der Waals surface area contributed by atoms with Gasteiger partial charge in [-0.2, -0.15) is 0 Å². The maximum Gasteiger partial charge on any atom is 0.0945 e. The number of nitrogens with one attached hydrogen (secondary N) is 1. The Kier molecular flexibility index (Phi) is 4.59. The van der Waals surface area contributed by atoms with Gasteiger partial charge in [0.15, 0.2) is 0 Å². The summed E-state index contributed by atoms with van der Waals surface area (Å²) < 4.78 is 2.12. The Morgan fingerprint density at radius 1 is 1.00 bits per heavy atom. The van der Waals surface area contributed by atoms with Gasteiger partial charge in [-0.05, 0) is 42.5 Å². The first-order chi connectivity index (χ1) is 10.4. The summed E-state index contributed by atoms with van der Waals surface area (Å²) in [6.07, 6.45) is 11.8. The van der Waals surface area contributed by atoms with Crippen molar-refractivity contribution in [3.8, 4) is 0 Å². The third-order valence-electron chi connectivity index (χ3n) is 3.61. The Labute approximate surface area is 124 Å². The van der Waals surface area contributed by atoms with Crippen molar-refractivity contribution in [3.63, 3.8) is 0 Å². The number of hydrogen-bond donors (Lipinski definition) is 1. The molecule has 0 spiro atoms. The quantitative estimate of drug-likeness (QED) is 0.677. The minimum atomic E-state index is 0.920. The monoisotopic (exact) mass is 280 g/mol. The van der Waals surface area contributed by atoms with Gasteiger partial charge >= 0.3 is 0 Å². The van der Waals surface area contributed by atoms with E-state index in [0.717, 1.165) is 19.6 Å². The number of hydrogen-bond acceptors (Lipinski definition) is 3. The minimum absolute atomic E-state index is 0.920. The second-order valence-corrected chi connectivity index (χ2v) is 5.24. The van der Waals surface area contributed by atoms with Crippen molar-refractivity contribution in [2.24, 2.45) is 0 Å². The largest absolute Gasteiger partial charge is 0.337 e. The molecule has 0 bridgehead atoms. The molecule has 0 aliphatic rings. The maximum absolute atomic E-state index is 4.14. The van der Waals surface area contributed by atoms with Crippen molar-refractivity contribution in [3.05, 3.63) is 60.9 Å². The number of nitrogens with zero attached hydrogens (tertiary/aromatic N) is 3. The molecule has 0 saturated carbocycles. The lowest BCUT2D eigenvalue weighted by atomic mass is 10.1. The molecule has 0 unspecified atom stereocenters. The summed E-state index contributed by atoms with van der Waals surface area (Å²) in [7, 11) is 0. The maximum atomic E-state index is 4.14. The van der Waals surface area contributed by atoms with Crippen LogP contribution in [0.15, 0.2) is 55.4 Å². The Hall–Kier alpha value is -2.20. The molecule has 0 amide bonds. The lowest BCUT2D eigenvalue weighted by Crippen LogP contribution is -2.15. The van der Waals surface area contributed by atoms with Crippen LogP contribution in [-0.4, -0.2) is 21.1 Å². The lowest BCUT2D eigenvalue weighted by molar-refractivity contribution is 0.568. The summed E-state index contributed by atoms with van der Waals surface area (Å²) in [5.74, 6) is 0. The summed E-state index contributed by atoms with van der Waals surface area (Å²) in [6, 6.07) is 8.60. The minimum Gasteiger partial charge on any atom is -0.337 e. The van der Waals surface area contributed by atoms with Crippen LogP contribution in [0.2, 0.25) is 0 Å². The first-order valence-corrected chi connectivity index (χ1v) is 7.41. The fourth-order valence-corrected chi connectivity index (χ4v) is 2.44. The number of aromatic nitrogens is 3. The molecule has 3 rings (SSSR count). The smallest absolute Gasteiger partial charge is 0.0945 e. The van der Waals surface area contributed by atoms with Crippen LogP contribution < -0.4 is 5.32 Å². The van der Waals surface area contributed by atoms with Crippen LogP contribution in [-0.2, 0) is 13.1 Å². The molecular weight excluding hydrogens is 260 g/mol. The molecule has 2 aromatic heterocycles. The van der Waals surface area contributed by atoms with E-state index in [4.69, 9.17) is 0 Å². The van der Waals surface area contributed by atoms with Gasteiger partial charge < -0.3 is 9.88 Å². The van der Waals surface area contributed by atoms with Gasteiger partial charge in [0.2, 0.25) is 0 Å². The predicted octanol–water partition coefficient (Wildman–Crippen LogP) is 3.00. The molecule has 0 aliphatic carbocycles. The molecule has 0 atom stereocenters. The van der Waals surface area contributed by atoms with Gasteiger partial charge in [0.25, 0.3) is 0 Å². The Morgan fingerprint density at radius 2 is 2.00 bits per heavy atom. The molecule has 1 N–H and O–H groups in total. The van der Waals surface area contributed by atoms with Crippen molar-refractivity contribution in [1.29, 1.82) is 0 Å². The highest BCUT2D eigenvalue weighted by molar-refractivity contribution is 5.81. The Balaban J connectivity index is 1.40. The van der Waals surface area contributed by atoms with E-state index < -0.39 is 0 Å². The van der Waals surface area contributed by atoms with Crippen LogP contribution in [0.3, 0.4) is 0 Å². The van der Waals surface area contributed by atoms with E-state index in [0.29, 0.717) is 0 Å². The van der Waals surface area contributed by atoms with Gasteiger partial charge in [-0.1, -0.05) is 12.1 Å². The molecule has 108 valence electrons. The number of fused-ring (bicyclic) bond motifs is 1. The molecule has 0 saturated heterocycles. The van der Waals surface area contributed by atoms with Crippen LogP contribution in [0.4, 0.5) is 0 Å². The fourth-order valence-electron chi connectivity index (χ4n) is 2.44. The van der Waals surface area contributed by atoms with E-state index in [1.54, 1.807) is 0 Å². The van der Waals surface area contributed by atoms with Crippen LogP contribution in [0.5, 0.6) is 0 Å². The number of aryl methyl sites for hydroxylation is 1. The number of imidazole rings is 1. The van der Waals surface area contributed by atoms with Crippen molar-refractivity contribution < 1.29 is 0 Å². The Bertz CT molecular complexity index is 676. The first-order valence-electron chi connectivity index (χ1n) is 7.41. The van der Waals surface area contributed by atoms with Crippen molar-refractivity contribution in [2.75, 3.05) is 6.54 Å². The first kappa shape index (κ1) is 13.8. The van der Waals surface area contributed by atoms with Gasteiger partial charge in [0.1, 0.15) is 0 Å². The molecule has 21 heavy (non-hydrogen) atoms. The molecule has 4 heteroatoms. The summed E-state index contributed by atoms with van der Waals surface area (Å²) >= 11 is 0. The fraction of sp³-hybridized carbons (Fsp3) is 0.294. The van der Waals surface area contributed by atoms with E-state index in [2.05, 4.69) is 44.1 Å². The highest BCUT2D eigenvalue weighted by Crippen LogP contribution is 2.14. The van der Waals surface area contributed by atoms with Gasteiger partial charge in [-0.15, -0.1) is 0 Å². The van der Waals surface area contributed by atoms with Crippen LogP contribution in [0, 0.1) is 0 Å². The normalized spacial score (nSPS) is 11.0. The number of pyridine rings is 1. The average molecular weight is 280 g/mol. The standard InChI is InChI=1S/C17H20N4/c1(2-9-21-10-8-20-14-21)6-18-12-15-3-4-17-13-19-7-5-16(17)11-15/h3-5,7-8,10-11,13-14,18H,1-2,6,9,12H2. The predicted molar refractivity (Wildman–Crippen MR) is 84.9 cm³/mol. The number of unbranched alkanes of at least 4 members (excludes halogenated alkanes) is 1. The second-order valence-electron chi connectivity index (χ2n) is 5.24. The van der Waals surface area contributed by atoms with Crippen molar-refractivity contribution in [1.82, 2.24) is 19.9 Å². The molecule has 2 heterocycles. The van der Waals surface area contributed by atoms with Gasteiger partial charge in [0, 0.05) is 43.3 Å². The van der Waals surface area contributed by atoms with E-state index in [1.807, 2.05) is 31.1 Å². The molecule has 0 fully saturated rings. The van der Waals surface area contributed by atoms with Crippen molar-refractivity contribution in [2.45, 2.75) is 25.9 Å². The summed E-state index contributed by atoms with van der Waals surface area (Å²) in [6.45, 7) is 3.01. The molecule has 0 aliphatic heterocycles. The highest BCUT2D eigenvalue weighted by Gasteiger charge is 1.97. The molecule has 0 radical (unpaired) electrons. The van der Waals surface area contributed by atoms with Crippen LogP contribution in [0.25, 0.3) is 10.8 Å². The SMILES string of the molecule is c1cc2cc(CNCCCCn3ccnc3)ccc2cn1. The van der Waals surface area contributed by atoms with Crippen LogP contribution >= 0.6 is 0 Å². The summed E-state index contributed by atoms with van der Waals surface area (Å²) in [4.78, 5) is 8.18. The van der Waals surface area contributed by atoms with Crippen molar-refractivity contribution >= 4 is 10.8 Å². The van der Waals surface area contributed by atoms with E-state index in [-0.39, 0.29) is 0 Å². The zero-order valence-electron chi connectivity index (χ0n) is 12.1.